The van der Waals surface area contributed by atoms with Crippen molar-refractivity contribution in [1.82, 2.24) is 15.2 Å². The van der Waals surface area contributed by atoms with Crippen molar-refractivity contribution in [1.29, 1.82) is 0 Å². The number of aryl methyl sites for hydroxylation is 1. The summed E-state index contributed by atoms with van der Waals surface area (Å²) in [5.74, 6) is 1.31. The van der Waals surface area contributed by atoms with Gasteiger partial charge in [-0.15, -0.1) is 0 Å². The number of anilines is 1. The van der Waals surface area contributed by atoms with Crippen molar-refractivity contribution in [3.63, 3.8) is 0 Å². The molecule has 2 amide bonds. The molecule has 28 heavy (non-hydrogen) atoms. The van der Waals surface area contributed by atoms with E-state index in [9.17, 15) is 9.18 Å². The van der Waals surface area contributed by atoms with Gasteiger partial charge in [0.2, 0.25) is 0 Å². The summed E-state index contributed by atoms with van der Waals surface area (Å²) < 4.78 is 24.0. The number of nitrogens with one attached hydrogen (secondary N) is 1. The fourth-order valence-corrected chi connectivity index (χ4v) is 4.24. The molecule has 0 radical (unpaired) electrons. The van der Waals surface area contributed by atoms with E-state index in [4.69, 9.17) is 9.05 Å². The molecule has 1 N–H and O–H groups in total. The Morgan fingerprint density at radius 1 is 1.14 bits per heavy atom. The molecule has 1 aliphatic carbocycles. The summed E-state index contributed by atoms with van der Waals surface area (Å²) >= 11 is 0. The van der Waals surface area contributed by atoms with Gasteiger partial charge in [-0.05, 0) is 44.2 Å². The Bertz CT molecular complexity index is 1020. The number of benzene rings is 1. The number of halogens is 1. The molecule has 8 heteroatoms. The lowest BCUT2D eigenvalue weighted by molar-refractivity contribution is 0.193. The van der Waals surface area contributed by atoms with Crippen molar-refractivity contribution in [2.45, 2.75) is 44.4 Å². The Labute approximate surface area is 160 Å². The van der Waals surface area contributed by atoms with Gasteiger partial charge in [-0.3, -0.25) is 5.32 Å². The number of hydrogen-bond acceptors (Lipinski definition) is 5. The van der Waals surface area contributed by atoms with E-state index in [1.165, 1.54) is 12.1 Å². The average molecular weight is 384 g/mol. The van der Waals surface area contributed by atoms with Crippen molar-refractivity contribution in [2.24, 2.45) is 0 Å². The van der Waals surface area contributed by atoms with Crippen LogP contribution < -0.4 is 5.32 Å². The van der Waals surface area contributed by atoms with E-state index in [1.807, 2.05) is 0 Å². The van der Waals surface area contributed by atoms with Crippen LogP contribution in [0.5, 0.6) is 0 Å². The van der Waals surface area contributed by atoms with E-state index in [-0.39, 0.29) is 17.8 Å². The maximum Gasteiger partial charge on any atom is 0.323 e. The molecule has 0 atom stereocenters. The lowest BCUT2D eigenvalue weighted by atomic mass is 9.92. The van der Waals surface area contributed by atoms with E-state index in [2.05, 4.69) is 15.6 Å². The van der Waals surface area contributed by atoms with Gasteiger partial charge >= 0.3 is 6.03 Å². The number of amides is 2. The van der Waals surface area contributed by atoms with Crippen LogP contribution in [0, 0.1) is 5.82 Å². The summed E-state index contributed by atoms with van der Waals surface area (Å²) in [5.41, 5.74) is 2.35. The number of carbonyl (C=O) groups is 1. The van der Waals surface area contributed by atoms with Gasteiger partial charge in [0.05, 0.1) is 5.69 Å². The molecule has 1 aromatic carbocycles. The topological polar surface area (TPSA) is 84.4 Å². The number of fused-ring (bicyclic) bond motifs is 2. The lowest BCUT2D eigenvalue weighted by Gasteiger charge is -2.31. The smallest absolute Gasteiger partial charge is 0.323 e. The van der Waals surface area contributed by atoms with E-state index in [0.717, 1.165) is 60.9 Å². The van der Waals surface area contributed by atoms with Crippen molar-refractivity contribution in [2.75, 3.05) is 18.4 Å². The number of urea groups is 1. The Hall–Kier alpha value is -2.90. The number of nitrogens with zero attached hydrogens (tertiary/aromatic N) is 3. The molecule has 1 saturated heterocycles. The summed E-state index contributed by atoms with van der Waals surface area (Å²) in [6.45, 7) is 1.23. The minimum absolute atomic E-state index is 0.146. The third-order valence-electron chi connectivity index (χ3n) is 5.81. The van der Waals surface area contributed by atoms with Gasteiger partial charge in [-0.2, -0.15) is 0 Å². The van der Waals surface area contributed by atoms with Crippen LogP contribution in [-0.4, -0.2) is 34.3 Å². The van der Waals surface area contributed by atoms with E-state index in [1.54, 1.807) is 11.0 Å². The van der Waals surface area contributed by atoms with Gasteiger partial charge in [0.25, 0.3) is 0 Å². The Morgan fingerprint density at radius 3 is 2.82 bits per heavy atom. The second-order valence-electron chi connectivity index (χ2n) is 7.54. The molecule has 1 fully saturated rings. The van der Waals surface area contributed by atoms with E-state index >= 15 is 0 Å². The van der Waals surface area contributed by atoms with Crippen LogP contribution in [0.3, 0.4) is 0 Å². The number of piperidine rings is 1. The first-order valence-corrected chi connectivity index (χ1v) is 9.77. The third kappa shape index (κ3) is 3.02. The minimum atomic E-state index is -0.336. The molecule has 0 bridgehead atoms. The minimum Gasteiger partial charge on any atom is -0.359 e. The molecule has 1 aliphatic heterocycles. The second kappa shape index (κ2) is 6.92. The molecular formula is C20H21FN4O3. The predicted octanol–water partition coefficient (Wildman–Crippen LogP) is 4.25. The van der Waals surface area contributed by atoms with Crippen LogP contribution in [0.2, 0.25) is 0 Å². The first-order chi connectivity index (χ1) is 13.7. The van der Waals surface area contributed by atoms with Gasteiger partial charge in [0.15, 0.2) is 11.4 Å². The molecule has 5 rings (SSSR count). The molecule has 0 spiro atoms. The highest BCUT2D eigenvalue weighted by atomic mass is 19.1. The zero-order valence-corrected chi connectivity index (χ0v) is 15.4. The van der Waals surface area contributed by atoms with Gasteiger partial charge in [-0.25, -0.2) is 9.18 Å². The quantitative estimate of drug-likeness (QED) is 0.714. The number of aromatic nitrogens is 2. The van der Waals surface area contributed by atoms with Gasteiger partial charge in [0.1, 0.15) is 11.6 Å². The Balaban J connectivity index is 1.24. The normalized spacial score (nSPS) is 17.7. The molecule has 7 nitrogen and oxygen atoms in total. The Morgan fingerprint density at radius 2 is 1.96 bits per heavy atom. The van der Waals surface area contributed by atoms with Crippen molar-refractivity contribution in [3.8, 4) is 0 Å². The van der Waals surface area contributed by atoms with Crippen LogP contribution in [-0.2, 0) is 12.8 Å². The van der Waals surface area contributed by atoms with Crippen LogP contribution >= 0.6 is 0 Å². The summed E-state index contributed by atoms with van der Waals surface area (Å²) in [6, 6.07) is 4.34. The maximum atomic E-state index is 13.3. The van der Waals surface area contributed by atoms with Crippen LogP contribution in [0.4, 0.5) is 15.0 Å². The van der Waals surface area contributed by atoms with Crippen molar-refractivity contribution >= 4 is 22.8 Å². The van der Waals surface area contributed by atoms with E-state index < -0.39 is 0 Å². The summed E-state index contributed by atoms with van der Waals surface area (Å²) in [7, 11) is 0. The molecule has 146 valence electrons. The molecule has 3 aromatic rings. The van der Waals surface area contributed by atoms with Gasteiger partial charge < -0.3 is 13.9 Å². The monoisotopic (exact) mass is 384 g/mol. The number of likely N-dealkylation sites (tertiary alicyclic amines) is 1. The zero-order chi connectivity index (χ0) is 19.1. The van der Waals surface area contributed by atoms with Crippen LogP contribution in [0.15, 0.2) is 27.2 Å². The number of carbonyl (C=O) groups excluding carboxylic acids is 1. The number of rotatable bonds is 2. The first kappa shape index (κ1) is 17.2. The van der Waals surface area contributed by atoms with Crippen molar-refractivity contribution < 1.29 is 18.2 Å². The lowest BCUT2D eigenvalue weighted by Crippen LogP contribution is -2.40. The van der Waals surface area contributed by atoms with Gasteiger partial charge in [-0.1, -0.05) is 10.3 Å². The molecule has 2 aliphatic rings. The standard InChI is InChI=1S/C20H21FN4O3/c21-13-5-6-14-17(11-13)28-23-18(14)12-7-9-25(10-8-12)20(26)22-19-15-3-1-2-4-16(15)27-24-19/h5-6,11-12H,1-4,7-10H2,(H,22,24,26). The van der Waals surface area contributed by atoms with Gasteiger partial charge in [0, 0.05) is 42.4 Å². The summed E-state index contributed by atoms with van der Waals surface area (Å²) in [4.78, 5) is 14.4. The molecule has 3 heterocycles. The largest absolute Gasteiger partial charge is 0.359 e. The highest BCUT2D eigenvalue weighted by Gasteiger charge is 2.29. The predicted molar refractivity (Wildman–Crippen MR) is 99.7 cm³/mol. The average Bonchev–Trinajstić information content (AvgIpc) is 3.32. The maximum absolute atomic E-state index is 13.3. The third-order valence-corrected chi connectivity index (χ3v) is 5.81. The zero-order valence-electron chi connectivity index (χ0n) is 15.4. The summed E-state index contributed by atoms with van der Waals surface area (Å²) in [5, 5.41) is 12.0. The first-order valence-electron chi connectivity index (χ1n) is 9.77. The molecule has 2 aromatic heterocycles. The molecule has 0 saturated carbocycles. The molecular weight excluding hydrogens is 363 g/mol. The second-order valence-corrected chi connectivity index (χ2v) is 7.54. The highest BCUT2D eigenvalue weighted by molar-refractivity contribution is 5.89. The Kier molecular flexibility index (Phi) is 4.26. The van der Waals surface area contributed by atoms with Crippen molar-refractivity contribution in [3.05, 3.63) is 41.0 Å². The van der Waals surface area contributed by atoms with E-state index in [0.29, 0.717) is 24.5 Å². The fourth-order valence-electron chi connectivity index (χ4n) is 4.24. The number of hydrogen-bond donors (Lipinski definition) is 1. The summed E-state index contributed by atoms with van der Waals surface area (Å²) in [6.07, 6.45) is 5.55. The van der Waals surface area contributed by atoms with Crippen LogP contribution in [0.1, 0.15) is 48.6 Å². The van der Waals surface area contributed by atoms with Crippen LogP contribution in [0.25, 0.3) is 11.0 Å². The SMILES string of the molecule is O=C(Nc1noc2c1CCCC2)N1CCC(c2noc3cc(F)ccc23)CC1. The highest BCUT2D eigenvalue weighted by Crippen LogP contribution is 2.33. The molecule has 0 unspecified atom stereocenters. The fraction of sp³-hybridized carbons (Fsp3) is 0.450.